The molecule has 0 fully saturated rings. The van der Waals surface area contributed by atoms with E-state index in [9.17, 15) is 0 Å². The van der Waals surface area contributed by atoms with E-state index in [4.69, 9.17) is 16.0 Å². The van der Waals surface area contributed by atoms with Crippen molar-refractivity contribution in [3.05, 3.63) is 55.8 Å². The van der Waals surface area contributed by atoms with E-state index in [1.54, 1.807) is 6.26 Å². The van der Waals surface area contributed by atoms with E-state index >= 15 is 0 Å². The zero-order valence-corrected chi connectivity index (χ0v) is 14.3. The molecule has 0 amide bonds. The summed E-state index contributed by atoms with van der Waals surface area (Å²) in [6.07, 6.45) is 2.74. The Labute approximate surface area is 134 Å². The Morgan fingerprint density at radius 2 is 2.05 bits per heavy atom. The van der Waals surface area contributed by atoms with Crippen molar-refractivity contribution in [1.29, 1.82) is 0 Å². The van der Waals surface area contributed by atoms with E-state index < -0.39 is 0 Å². The summed E-state index contributed by atoms with van der Waals surface area (Å²) in [5.41, 5.74) is 1.11. The van der Waals surface area contributed by atoms with Gasteiger partial charge in [0.1, 0.15) is 5.76 Å². The van der Waals surface area contributed by atoms with Crippen LogP contribution in [0.25, 0.3) is 0 Å². The van der Waals surface area contributed by atoms with Gasteiger partial charge >= 0.3 is 0 Å². The van der Waals surface area contributed by atoms with Crippen molar-refractivity contribution >= 4 is 43.5 Å². The molecule has 0 aliphatic rings. The average Bonchev–Trinajstić information content (AvgIpc) is 2.78. The summed E-state index contributed by atoms with van der Waals surface area (Å²) in [5, 5.41) is 4.20. The lowest BCUT2D eigenvalue weighted by atomic mass is 10.0. The van der Waals surface area contributed by atoms with Crippen molar-refractivity contribution in [3.8, 4) is 0 Å². The van der Waals surface area contributed by atoms with Crippen LogP contribution in [0.2, 0.25) is 5.02 Å². The second-order valence-electron chi connectivity index (χ2n) is 4.19. The summed E-state index contributed by atoms with van der Waals surface area (Å²) in [4.78, 5) is 0. The van der Waals surface area contributed by atoms with Crippen LogP contribution in [0.3, 0.4) is 0 Å². The third kappa shape index (κ3) is 3.63. The molecule has 5 heteroatoms. The molecule has 1 unspecified atom stereocenters. The zero-order valence-electron chi connectivity index (χ0n) is 10.4. The Morgan fingerprint density at radius 1 is 1.26 bits per heavy atom. The highest BCUT2D eigenvalue weighted by Crippen LogP contribution is 2.34. The van der Waals surface area contributed by atoms with Gasteiger partial charge in [-0.05, 0) is 52.7 Å². The third-order valence-corrected chi connectivity index (χ3v) is 4.36. The monoisotopic (exact) mass is 405 g/mol. The van der Waals surface area contributed by atoms with Crippen LogP contribution in [0.1, 0.15) is 30.7 Å². The fourth-order valence-corrected chi connectivity index (χ4v) is 3.22. The van der Waals surface area contributed by atoms with Crippen LogP contribution in [0.15, 0.2) is 43.9 Å². The van der Waals surface area contributed by atoms with Gasteiger partial charge in [0.05, 0.1) is 16.8 Å². The fourth-order valence-electron chi connectivity index (χ4n) is 1.88. The van der Waals surface area contributed by atoms with E-state index in [-0.39, 0.29) is 6.04 Å². The number of halogens is 3. The second kappa shape index (κ2) is 6.93. The summed E-state index contributed by atoms with van der Waals surface area (Å²) in [6, 6.07) is 7.69. The lowest BCUT2D eigenvalue weighted by Crippen LogP contribution is -2.23. The topological polar surface area (TPSA) is 25.2 Å². The van der Waals surface area contributed by atoms with Crippen LogP contribution >= 0.6 is 43.5 Å². The third-order valence-electron chi connectivity index (χ3n) is 2.78. The number of rotatable bonds is 5. The first-order valence-corrected chi connectivity index (χ1v) is 8.01. The van der Waals surface area contributed by atoms with Gasteiger partial charge in [-0.25, -0.2) is 0 Å². The lowest BCUT2D eigenvalue weighted by Gasteiger charge is -2.19. The Kier molecular flexibility index (Phi) is 5.51. The molecule has 0 spiro atoms. The molecule has 0 bridgehead atoms. The van der Waals surface area contributed by atoms with Gasteiger partial charge in [-0.2, -0.15) is 0 Å². The molecule has 2 rings (SSSR count). The van der Waals surface area contributed by atoms with Crippen LogP contribution < -0.4 is 5.32 Å². The molecule has 1 atom stereocenters. The molecular formula is C14H14Br2ClNO. The number of benzene rings is 1. The van der Waals surface area contributed by atoms with Gasteiger partial charge in [0.25, 0.3) is 0 Å². The number of hydrogen-bond acceptors (Lipinski definition) is 2. The van der Waals surface area contributed by atoms with E-state index in [2.05, 4.69) is 44.1 Å². The Balaban J connectivity index is 2.40. The highest BCUT2D eigenvalue weighted by atomic mass is 79.9. The number of hydrogen-bond donors (Lipinski definition) is 1. The normalized spacial score (nSPS) is 12.6. The summed E-state index contributed by atoms with van der Waals surface area (Å²) in [5.74, 6) is 0.872. The molecule has 19 heavy (non-hydrogen) atoms. The minimum atomic E-state index is -0.00373. The first-order valence-electron chi connectivity index (χ1n) is 6.04. The van der Waals surface area contributed by atoms with Crippen LogP contribution in [0.4, 0.5) is 0 Å². The molecule has 0 aliphatic carbocycles. The first kappa shape index (κ1) is 15.1. The summed E-state index contributed by atoms with van der Waals surface area (Å²) in [7, 11) is 0. The van der Waals surface area contributed by atoms with Crippen molar-refractivity contribution in [2.24, 2.45) is 0 Å². The lowest BCUT2D eigenvalue weighted by molar-refractivity contribution is 0.443. The average molecular weight is 408 g/mol. The fraction of sp³-hybridized carbons (Fsp3) is 0.286. The molecule has 0 saturated carbocycles. The van der Waals surface area contributed by atoms with E-state index in [0.29, 0.717) is 5.02 Å². The number of furan rings is 1. The van der Waals surface area contributed by atoms with Gasteiger partial charge in [0.15, 0.2) is 0 Å². The van der Waals surface area contributed by atoms with E-state index in [1.165, 1.54) is 0 Å². The SMILES string of the molecule is CCCNC(c1ccc(Cl)cc1Br)c1occc1Br. The van der Waals surface area contributed by atoms with Crippen LogP contribution in [-0.4, -0.2) is 6.54 Å². The Morgan fingerprint density at radius 3 is 2.63 bits per heavy atom. The smallest absolute Gasteiger partial charge is 0.139 e. The van der Waals surface area contributed by atoms with E-state index in [0.717, 1.165) is 33.2 Å². The van der Waals surface area contributed by atoms with Gasteiger partial charge in [-0.3, -0.25) is 0 Å². The maximum Gasteiger partial charge on any atom is 0.139 e. The molecule has 1 heterocycles. The molecule has 1 aromatic carbocycles. The summed E-state index contributed by atoms with van der Waals surface area (Å²) in [6.45, 7) is 3.05. The van der Waals surface area contributed by atoms with Crippen molar-refractivity contribution in [2.75, 3.05) is 6.54 Å². The summed E-state index contributed by atoms with van der Waals surface area (Å²) < 4.78 is 7.53. The van der Waals surface area contributed by atoms with Crippen molar-refractivity contribution in [1.82, 2.24) is 5.32 Å². The quantitative estimate of drug-likeness (QED) is 0.703. The molecule has 0 radical (unpaired) electrons. The van der Waals surface area contributed by atoms with Gasteiger partial charge < -0.3 is 9.73 Å². The zero-order chi connectivity index (χ0) is 13.8. The maximum absolute atomic E-state index is 6.00. The highest BCUT2D eigenvalue weighted by molar-refractivity contribution is 9.10. The Bertz CT molecular complexity index is 556. The maximum atomic E-state index is 6.00. The largest absolute Gasteiger partial charge is 0.466 e. The predicted octanol–water partition coefficient (Wildman–Crippen LogP) is 5.55. The van der Waals surface area contributed by atoms with Gasteiger partial charge in [0, 0.05) is 9.50 Å². The minimum absolute atomic E-state index is 0.00373. The van der Waals surface area contributed by atoms with Gasteiger partial charge in [-0.1, -0.05) is 40.5 Å². The van der Waals surface area contributed by atoms with E-state index in [1.807, 2.05) is 24.3 Å². The molecule has 0 saturated heterocycles. The minimum Gasteiger partial charge on any atom is -0.466 e. The Hall–Kier alpha value is -0.290. The molecule has 102 valence electrons. The molecule has 1 N–H and O–H groups in total. The molecule has 2 nitrogen and oxygen atoms in total. The molecular weight excluding hydrogens is 393 g/mol. The van der Waals surface area contributed by atoms with Gasteiger partial charge in [0.2, 0.25) is 0 Å². The molecule has 2 aromatic rings. The summed E-state index contributed by atoms with van der Waals surface area (Å²) >= 11 is 13.1. The predicted molar refractivity (Wildman–Crippen MR) is 85.7 cm³/mol. The second-order valence-corrected chi connectivity index (χ2v) is 6.33. The van der Waals surface area contributed by atoms with Gasteiger partial charge in [-0.15, -0.1) is 0 Å². The molecule has 0 aliphatic heterocycles. The van der Waals surface area contributed by atoms with Crippen LogP contribution in [-0.2, 0) is 0 Å². The van der Waals surface area contributed by atoms with Crippen molar-refractivity contribution in [3.63, 3.8) is 0 Å². The van der Waals surface area contributed by atoms with Crippen molar-refractivity contribution < 1.29 is 4.42 Å². The first-order chi connectivity index (χ1) is 9.13. The number of nitrogens with one attached hydrogen (secondary N) is 1. The molecule has 1 aromatic heterocycles. The van der Waals surface area contributed by atoms with Crippen LogP contribution in [0.5, 0.6) is 0 Å². The highest BCUT2D eigenvalue weighted by Gasteiger charge is 2.21. The standard InChI is InChI=1S/C14H14Br2ClNO/c1-2-6-18-13(14-11(15)5-7-19-14)10-4-3-9(17)8-12(10)16/h3-5,7-8,13,18H,2,6H2,1H3. The van der Waals surface area contributed by atoms with Crippen molar-refractivity contribution in [2.45, 2.75) is 19.4 Å². The van der Waals surface area contributed by atoms with Crippen LogP contribution in [0, 0.1) is 0 Å².